The van der Waals surface area contributed by atoms with Gasteiger partial charge in [-0.05, 0) is 19.8 Å². The molecule has 3 rings (SSSR count). The van der Waals surface area contributed by atoms with Crippen LogP contribution in [-0.2, 0) is 0 Å². The fraction of sp³-hybridized carbons (Fsp3) is 1.00. The molecule has 1 saturated heterocycles. The Morgan fingerprint density at radius 1 is 1.17 bits per heavy atom. The van der Waals surface area contributed by atoms with Gasteiger partial charge in [-0.3, -0.25) is 0 Å². The monoisotopic (exact) mass is 351 g/mol. The first-order valence-corrected chi connectivity index (χ1v) is 8.85. The second kappa shape index (κ2) is 5.58. The Morgan fingerprint density at radius 2 is 1.62 bits per heavy atom. The Labute approximate surface area is 142 Å². The highest BCUT2D eigenvalue weighted by molar-refractivity contribution is 5.24. The third-order valence-corrected chi connectivity index (χ3v) is 6.31. The fourth-order valence-corrected chi connectivity index (χ4v) is 4.35. The number of rotatable bonds is 4. The second-order valence-electron chi connectivity index (χ2n) is 7.96. The molecule has 2 aliphatic carbocycles. The van der Waals surface area contributed by atoms with E-state index >= 15 is 0 Å². The van der Waals surface area contributed by atoms with E-state index in [0.29, 0.717) is 12.8 Å². The van der Waals surface area contributed by atoms with Crippen molar-refractivity contribution in [3.05, 3.63) is 0 Å². The summed E-state index contributed by atoms with van der Waals surface area (Å²) in [5, 5.41) is 42.1. The van der Waals surface area contributed by atoms with Crippen molar-refractivity contribution in [3.63, 3.8) is 0 Å². The third-order valence-electron chi connectivity index (χ3n) is 6.31. The van der Waals surface area contributed by atoms with Crippen molar-refractivity contribution in [2.24, 2.45) is 17.3 Å². The van der Waals surface area contributed by atoms with Crippen molar-refractivity contribution in [1.29, 1.82) is 0 Å². The van der Waals surface area contributed by atoms with Crippen LogP contribution in [0.25, 0.3) is 0 Å². The van der Waals surface area contributed by atoms with Gasteiger partial charge >= 0.3 is 0 Å². The van der Waals surface area contributed by atoms with Gasteiger partial charge in [-0.15, -0.1) is 0 Å². The Balaban J connectivity index is 0.00000100. The fourth-order valence-electron chi connectivity index (χ4n) is 4.35. The summed E-state index contributed by atoms with van der Waals surface area (Å²) in [6, 6.07) is 0. The minimum Gasteiger partial charge on any atom is -0.364 e. The van der Waals surface area contributed by atoms with Crippen molar-refractivity contribution >= 4 is 0 Å². The molecule has 2 atom stereocenters. The molecule has 7 heteroatoms. The number of halogens is 2. The molecule has 1 heterocycles. The zero-order valence-electron chi connectivity index (χ0n) is 15.2. The Hall–Kier alpha value is -0.340. The van der Waals surface area contributed by atoms with Crippen LogP contribution in [-0.4, -0.2) is 55.0 Å². The SMILES string of the molecule is CC.CC(C)C(O)(O)C1(C)N(CC2CC2(F)F)C(O)(O)CC12CC2. The number of hydrogen-bond acceptors (Lipinski definition) is 5. The average molecular weight is 351 g/mol. The van der Waals surface area contributed by atoms with Gasteiger partial charge in [-0.2, -0.15) is 0 Å². The molecule has 2 unspecified atom stereocenters. The van der Waals surface area contributed by atoms with Gasteiger partial charge in [0.15, 0.2) is 5.79 Å². The van der Waals surface area contributed by atoms with Gasteiger partial charge in [0, 0.05) is 36.6 Å². The maximum Gasteiger partial charge on any atom is 0.252 e. The summed E-state index contributed by atoms with van der Waals surface area (Å²) in [7, 11) is 0. The number of likely N-dealkylation sites (tertiary alicyclic amines) is 1. The summed E-state index contributed by atoms with van der Waals surface area (Å²) >= 11 is 0. The largest absolute Gasteiger partial charge is 0.364 e. The Morgan fingerprint density at radius 3 is 1.96 bits per heavy atom. The van der Waals surface area contributed by atoms with Gasteiger partial charge in [-0.25, -0.2) is 13.7 Å². The van der Waals surface area contributed by atoms with Crippen LogP contribution < -0.4 is 0 Å². The van der Waals surface area contributed by atoms with E-state index in [-0.39, 0.29) is 19.4 Å². The highest BCUT2D eigenvalue weighted by Gasteiger charge is 2.78. The van der Waals surface area contributed by atoms with Gasteiger partial charge in [0.05, 0.1) is 5.54 Å². The van der Waals surface area contributed by atoms with Crippen LogP contribution in [0.4, 0.5) is 8.78 Å². The van der Waals surface area contributed by atoms with Gasteiger partial charge in [0.2, 0.25) is 5.91 Å². The van der Waals surface area contributed by atoms with Crippen molar-refractivity contribution < 1.29 is 29.2 Å². The molecule has 24 heavy (non-hydrogen) atoms. The lowest BCUT2D eigenvalue weighted by Crippen LogP contribution is -2.69. The van der Waals surface area contributed by atoms with E-state index in [1.807, 2.05) is 13.8 Å². The lowest BCUT2D eigenvalue weighted by atomic mass is 9.72. The maximum absolute atomic E-state index is 13.3. The van der Waals surface area contributed by atoms with E-state index in [2.05, 4.69) is 0 Å². The predicted octanol–water partition coefficient (Wildman–Crippen LogP) is 1.89. The quantitative estimate of drug-likeness (QED) is 0.581. The van der Waals surface area contributed by atoms with Crippen molar-refractivity contribution in [2.45, 2.75) is 83.5 Å². The van der Waals surface area contributed by atoms with Crippen LogP contribution in [0.1, 0.15) is 60.3 Å². The van der Waals surface area contributed by atoms with E-state index in [4.69, 9.17) is 0 Å². The van der Waals surface area contributed by atoms with E-state index < -0.39 is 40.4 Å². The van der Waals surface area contributed by atoms with Crippen molar-refractivity contribution in [2.75, 3.05) is 6.54 Å². The molecule has 0 aromatic carbocycles. The van der Waals surface area contributed by atoms with Crippen molar-refractivity contribution in [1.82, 2.24) is 4.90 Å². The molecule has 0 aromatic heterocycles. The molecule has 5 nitrogen and oxygen atoms in total. The number of aliphatic hydroxyl groups is 4. The Bertz CT molecular complexity index is 491. The summed E-state index contributed by atoms with van der Waals surface area (Å²) in [5.74, 6) is -8.86. The zero-order chi connectivity index (χ0) is 18.8. The molecule has 0 radical (unpaired) electrons. The molecule has 0 aromatic rings. The topological polar surface area (TPSA) is 84.2 Å². The number of hydrogen-bond donors (Lipinski definition) is 4. The molecule has 2 saturated carbocycles. The molecule has 142 valence electrons. The molecule has 3 fully saturated rings. The standard InChI is InChI=1S/C15H25F2NO4.C2H6/c1-9(2)15(21,22)11(3)12(4-5-12)8-14(19,20)18(11)7-10-6-13(10,16)17;1-2/h9-10,19-22H,4-8H2,1-3H3;1-2H3. The third kappa shape index (κ3) is 2.60. The Kier molecular flexibility index (Phi) is 4.64. The van der Waals surface area contributed by atoms with E-state index in [0.717, 1.165) is 4.90 Å². The first-order valence-electron chi connectivity index (χ1n) is 8.85. The minimum absolute atomic E-state index is 0.0512. The molecule has 4 N–H and O–H groups in total. The normalized spacial score (nSPS) is 35.8. The number of nitrogens with zero attached hydrogens (tertiary/aromatic N) is 1. The molecule has 3 aliphatic rings. The highest BCUT2D eigenvalue weighted by Crippen LogP contribution is 2.70. The van der Waals surface area contributed by atoms with Gasteiger partial charge in [0.1, 0.15) is 0 Å². The van der Waals surface area contributed by atoms with Crippen LogP contribution >= 0.6 is 0 Å². The summed E-state index contributed by atoms with van der Waals surface area (Å²) in [6.45, 7) is 8.56. The smallest absolute Gasteiger partial charge is 0.252 e. The van der Waals surface area contributed by atoms with Gasteiger partial charge in [0.25, 0.3) is 5.92 Å². The summed E-state index contributed by atoms with van der Waals surface area (Å²) in [6.07, 6.45) is 0.900. The molecular formula is C17H31F2NO4. The molecule has 0 bridgehead atoms. The van der Waals surface area contributed by atoms with E-state index in [9.17, 15) is 29.2 Å². The highest BCUT2D eigenvalue weighted by atomic mass is 19.3. The lowest BCUT2D eigenvalue weighted by Gasteiger charge is -2.51. The van der Waals surface area contributed by atoms with Crippen LogP contribution in [0.3, 0.4) is 0 Å². The first kappa shape index (κ1) is 20.0. The molecule has 1 spiro atoms. The van der Waals surface area contributed by atoms with Crippen molar-refractivity contribution in [3.8, 4) is 0 Å². The lowest BCUT2D eigenvalue weighted by molar-refractivity contribution is -0.326. The van der Waals surface area contributed by atoms with E-state index in [1.165, 1.54) is 0 Å². The molecule has 0 amide bonds. The zero-order valence-corrected chi connectivity index (χ0v) is 15.2. The molecular weight excluding hydrogens is 320 g/mol. The first-order chi connectivity index (χ1) is 10.8. The summed E-state index contributed by atoms with van der Waals surface area (Å²) in [4.78, 5) is 1.11. The predicted molar refractivity (Wildman–Crippen MR) is 85.0 cm³/mol. The van der Waals surface area contributed by atoms with Crippen LogP contribution in [0, 0.1) is 17.3 Å². The maximum atomic E-state index is 13.3. The minimum atomic E-state index is -2.80. The van der Waals surface area contributed by atoms with E-state index in [1.54, 1.807) is 20.8 Å². The van der Waals surface area contributed by atoms with Gasteiger partial charge < -0.3 is 20.4 Å². The number of alkyl halides is 2. The van der Waals surface area contributed by atoms with Crippen LogP contribution in [0.5, 0.6) is 0 Å². The molecule has 1 aliphatic heterocycles. The van der Waals surface area contributed by atoms with Gasteiger partial charge in [-0.1, -0.05) is 27.7 Å². The van der Waals surface area contributed by atoms with Crippen LogP contribution in [0.15, 0.2) is 0 Å². The second-order valence-corrected chi connectivity index (χ2v) is 7.96. The summed E-state index contributed by atoms with van der Waals surface area (Å²) in [5.41, 5.74) is -2.04. The average Bonchev–Trinajstić information content (AvgIpc) is 3.33. The summed E-state index contributed by atoms with van der Waals surface area (Å²) < 4.78 is 26.6. The van der Waals surface area contributed by atoms with Crippen LogP contribution in [0.2, 0.25) is 0 Å².